The van der Waals surface area contributed by atoms with Crippen molar-refractivity contribution in [2.75, 3.05) is 13.2 Å². The lowest BCUT2D eigenvalue weighted by Crippen LogP contribution is -2.17. The van der Waals surface area contributed by atoms with Crippen LogP contribution in [-0.2, 0) is 6.54 Å². The maximum absolute atomic E-state index is 13.3. The summed E-state index contributed by atoms with van der Waals surface area (Å²) in [4.78, 5) is 25.4. The van der Waals surface area contributed by atoms with Crippen molar-refractivity contribution >= 4 is 45.0 Å². The fourth-order valence-electron chi connectivity index (χ4n) is 4.55. The molecule has 1 aliphatic carbocycles. The largest absolute Gasteiger partial charge is 0.485 e. The molecule has 1 fully saturated rings. The average Bonchev–Trinajstić information content (AvgIpc) is 3.66. The van der Waals surface area contributed by atoms with Crippen molar-refractivity contribution in [1.29, 1.82) is 0 Å². The van der Waals surface area contributed by atoms with E-state index in [4.69, 9.17) is 22.1 Å². The zero-order valence-corrected chi connectivity index (χ0v) is 20.4. The summed E-state index contributed by atoms with van der Waals surface area (Å²) in [6, 6.07) is 14.7. The molecule has 1 saturated carbocycles. The van der Waals surface area contributed by atoms with Crippen molar-refractivity contribution in [2.45, 2.75) is 37.8 Å². The van der Waals surface area contributed by atoms with E-state index >= 15 is 0 Å². The molecular formula is C28H27ClN2O5. The van der Waals surface area contributed by atoms with Crippen LogP contribution in [0.5, 0.6) is 5.75 Å². The van der Waals surface area contributed by atoms with Gasteiger partial charge in [-0.05, 0) is 71.8 Å². The highest BCUT2D eigenvalue weighted by molar-refractivity contribution is 6.31. The van der Waals surface area contributed by atoms with E-state index in [0.29, 0.717) is 29.5 Å². The van der Waals surface area contributed by atoms with E-state index in [9.17, 15) is 19.8 Å². The SMILES string of the molecule is NC(=O)c1cc2cc(Cl)ccc2cc1OCC(=O)c1cn(CC[C@H](O)CO)c2cc(C3CC3)ccc12. The molecule has 186 valence electrons. The van der Waals surface area contributed by atoms with Gasteiger partial charge in [-0.1, -0.05) is 29.8 Å². The summed E-state index contributed by atoms with van der Waals surface area (Å²) in [5, 5.41) is 21.9. The van der Waals surface area contributed by atoms with Crippen molar-refractivity contribution in [3.05, 3.63) is 76.4 Å². The van der Waals surface area contributed by atoms with Crippen molar-refractivity contribution in [2.24, 2.45) is 5.73 Å². The second-order valence-corrected chi connectivity index (χ2v) is 9.76. The van der Waals surface area contributed by atoms with E-state index in [2.05, 4.69) is 12.1 Å². The lowest BCUT2D eigenvalue weighted by atomic mass is 10.0. The number of nitrogens with zero attached hydrogens (tertiary/aromatic N) is 1. The summed E-state index contributed by atoms with van der Waals surface area (Å²) in [5.74, 6) is -0.118. The fourth-order valence-corrected chi connectivity index (χ4v) is 4.73. The van der Waals surface area contributed by atoms with E-state index < -0.39 is 12.0 Å². The summed E-state index contributed by atoms with van der Waals surface area (Å²) in [5.41, 5.74) is 8.39. The first-order valence-electron chi connectivity index (χ1n) is 11.9. The topological polar surface area (TPSA) is 115 Å². The molecule has 0 aliphatic heterocycles. The Morgan fingerprint density at radius 2 is 1.89 bits per heavy atom. The number of hydrogen-bond donors (Lipinski definition) is 3. The first-order valence-corrected chi connectivity index (χ1v) is 12.3. The zero-order chi connectivity index (χ0) is 25.4. The molecule has 0 spiro atoms. The van der Waals surface area contributed by atoms with Gasteiger partial charge in [-0.2, -0.15) is 0 Å². The predicted molar refractivity (Wildman–Crippen MR) is 139 cm³/mol. The minimum absolute atomic E-state index is 0.173. The maximum atomic E-state index is 13.3. The van der Waals surface area contributed by atoms with Crippen molar-refractivity contribution < 1.29 is 24.5 Å². The predicted octanol–water partition coefficient (Wildman–Crippen LogP) is 4.43. The van der Waals surface area contributed by atoms with Crippen LogP contribution in [0, 0.1) is 0 Å². The monoisotopic (exact) mass is 506 g/mol. The molecule has 1 aromatic heterocycles. The Bertz CT molecular complexity index is 1470. The first kappa shape index (κ1) is 24.3. The fraction of sp³-hybridized carbons (Fsp3) is 0.286. The number of carbonyl (C=O) groups is 2. The molecule has 0 unspecified atom stereocenters. The Balaban J connectivity index is 1.44. The van der Waals surface area contributed by atoms with Gasteiger partial charge in [0, 0.05) is 34.2 Å². The minimum atomic E-state index is -0.827. The number of aromatic nitrogens is 1. The number of aryl methyl sites for hydroxylation is 1. The normalized spacial score (nSPS) is 14.3. The van der Waals surface area contributed by atoms with Gasteiger partial charge in [-0.25, -0.2) is 0 Å². The van der Waals surface area contributed by atoms with E-state index in [-0.39, 0.29) is 30.3 Å². The number of amides is 1. The van der Waals surface area contributed by atoms with Crippen molar-refractivity contribution in [1.82, 2.24) is 4.57 Å². The third kappa shape index (κ3) is 4.95. The molecular weight excluding hydrogens is 480 g/mol. The summed E-state index contributed by atoms with van der Waals surface area (Å²) >= 11 is 6.07. The third-order valence-electron chi connectivity index (χ3n) is 6.69. The quantitative estimate of drug-likeness (QED) is 0.275. The minimum Gasteiger partial charge on any atom is -0.485 e. The number of rotatable bonds is 10. The van der Waals surface area contributed by atoms with Gasteiger partial charge in [-0.3, -0.25) is 9.59 Å². The summed E-state index contributed by atoms with van der Waals surface area (Å²) in [6.45, 7) is -0.131. The Hall–Kier alpha value is -3.39. The molecule has 4 N–H and O–H groups in total. The van der Waals surface area contributed by atoms with Crippen molar-refractivity contribution in [3.8, 4) is 5.75 Å². The molecule has 8 heteroatoms. The highest BCUT2D eigenvalue weighted by Crippen LogP contribution is 2.41. The van der Waals surface area contributed by atoms with E-state index in [1.807, 2.05) is 16.7 Å². The van der Waals surface area contributed by atoms with E-state index in [1.165, 1.54) is 5.56 Å². The number of aliphatic hydroxyl groups excluding tert-OH is 2. The van der Waals surface area contributed by atoms with E-state index in [0.717, 1.165) is 34.5 Å². The van der Waals surface area contributed by atoms with E-state index in [1.54, 1.807) is 30.5 Å². The Morgan fingerprint density at radius 1 is 1.08 bits per heavy atom. The molecule has 0 bridgehead atoms. The molecule has 3 aromatic carbocycles. The van der Waals surface area contributed by atoms with Crippen LogP contribution in [-0.4, -0.2) is 45.8 Å². The van der Waals surface area contributed by atoms with Crippen LogP contribution in [0.15, 0.2) is 54.7 Å². The second kappa shape index (κ2) is 9.93. The number of benzene rings is 3. The second-order valence-electron chi connectivity index (χ2n) is 9.33. The highest BCUT2D eigenvalue weighted by Gasteiger charge is 2.25. The molecule has 7 nitrogen and oxygen atoms in total. The molecule has 1 heterocycles. The molecule has 0 saturated heterocycles. The van der Waals surface area contributed by atoms with Gasteiger partial charge in [0.15, 0.2) is 6.61 Å². The van der Waals surface area contributed by atoms with Crippen LogP contribution in [0.1, 0.15) is 51.5 Å². The number of halogens is 1. The lowest BCUT2D eigenvalue weighted by Gasteiger charge is -2.11. The molecule has 1 atom stereocenters. The lowest BCUT2D eigenvalue weighted by molar-refractivity contribution is 0.0849. The number of aliphatic hydroxyl groups is 2. The van der Waals surface area contributed by atoms with Crippen LogP contribution >= 0.6 is 11.6 Å². The molecule has 1 amide bonds. The number of ketones is 1. The highest BCUT2D eigenvalue weighted by atomic mass is 35.5. The average molecular weight is 507 g/mol. The van der Waals surface area contributed by atoms with Gasteiger partial charge >= 0.3 is 0 Å². The van der Waals surface area contributed by atoms with Crippen LogP contribution in [0.25, 0.3) is 21.7 Å². The first-order chi connectivity index (χ1) is 17.3. The Kier molecular flexibility index (Phi) is 6.71. The third-order valence-corrected chi connectivity index (χ3v) is 6.93. The van der Waals surface area contributed by atoms with Crippen LogP contribution in [0.3, 0.4) is 0 Å². The van der Waals surface area contributed by atoms with Gasteiger partial charge in [0.2, 0.25) is 5.78 Å². The standard InChI is InChI=1S/C28H27ClN2O5/c29-20-5-3-18-12-27(23(28(30)35)10-19(18)9-20)36-15-26(34)24-13-31(8-7-21(33)14-32)25-11-17(16-1-2-16)4-6-22(24)25/h3-6,9-13,16,21,32-33H,1-2,7-8,14-15H2,(H2,30,35)/t21-/m0/s1. The van der Waals surface area contributed by atoms with Gasteiger partial charge in [-0.15, -0.1) is 0 Å². The summed E-state index contributed by atoms with van der Waals surface area (Å²) < 4.78 is 7.78. The number of carbonyl (C=O) groups excluding carboxylic acids is 2. The van der Waals surface area contributed by atoms with Gasteiger partial charge in [0.05, 0.1) is 18.3 Å². The Labute approximate surface area is 213 Å². The van der Waals surface area contributed by atoms with Gasteiger partial charge in [0.25, 0.3) is 5.91 Å². The number of nitrogens with two attached hydrogens (primary N) is 1. The maximum Gasteiger partial charge on any atom is 0.252 e. The van der Waals surface area contributed by atoms with Crippen molar-refractivity contribution in [3.63, 3.8) is 0 Å². The smallest absolute Gasteiger partial charge is 0.252 e. The van der Waals surface area contributed by atoms with Crippen LogP contribution in [0.4, 0.5) is 0 Å². The summed E-state index contributed by atoms with van der Waals surface area (Å²) in [7, 11) is 0. The van der Waals surface area contributed by atoms with Gasteiger partial charge < -0.3 is 25.3 Å². The molecule has 0 radical (unpaired) electrons. The molecule has 5 rings (SSSR count). The zero-order valence-electron chi connectivity index (χ0n) is 19.6. The van der Waals surface area contributed by atoms with Crippen LogP contribution in [0.2, 0.25) is 5.02 Å². The molecule has 4 aromatic rings. The molecule has 36 heavy (non-hydrogen) atoms. The molecule has 1 aliphatic rings. The van der Waals surface area contributed by atoms with Crippen LogP contribution < -0.4 is 10.5 Å². The summed E-state index contributed by atoms with van der Waals surface area (Å²) in [6.07, 6.45) is 3.63. The van der Waals surface area contributed by atoms with Gasteiger partial charge in [0.1, 0.15) is 5.75 Å². The number of primary amides is 1. The number of hydrogen-bond acceptors (Lipinski definition) is 5. The number of ether oxygens (including phenoxy) is 1. The Morgan fingerprint density at radius 3 is 2.61 bits per heavy atom. The number of Topliss-reactive ketones (excluding diaryl/α,β-unsaturated/α-hetero) is 1. The number of fused-ring (bicyclic) bond motifs is 2.